The van der Waals surface area contributed by atoms with Gasteiger partial charge in [0.15, 0.2) is 8.32 Å². The molecule has 0 amide bonds. The van der Waals surface area contributed by atoms with Crippen molar-refractivity contribution in [3.05, 3.63) is 71.8 Å². The van der Waals surface area contributed by atoms with Crippen LogP contribution in [-0.2, 0) is 10.8 Å². The van der Waals surface area contributed by atoms with E-state index < -0.39 is 8.32 Å². The molecule has 0 bridgehead atoms. The fourth-order valence-electron chi connectivity index (χ4n) is 2.50. The summed E-state index contributed by atoms with van der Waals surface area (Å²) in [5.74, 6) is 0. The van der Waals surface area contributed by atoms with Gasteiger partial charge in [-0.15, -0.1) is 0 Å². The fraction of sp³-hybridized carbons (Fsp3) is 0.455. The third-order valence-electron chi connectivity index (χ3n) is 5.27. The summed E-state index contributed by atoms with van der Waals surface area (Å²) in [5.41, 5.74) is 2.67. The number of hydrogen-bond acceptors (Lipinski definition) is 2. The van der Waals surface area contributed by atoms with Crippen LogP contribution in [0.15, 0.2) is 60.7 Å². The van der Waals surface area contributed by atoms with Crippen molar-refractivity contribution in [2.45, 2.75) is 51.4 Å². The monoisotopic (exact) mass is 355 g/mol. The largest absolute Gasteiger partial charge is 0.415 e. The van der Waals surface area contributed by atoms with Crippen LogP contribution >= 0.6 is 0 Å². The van der Waals surface area contributed by atoms with Crippen molar-refractivity contribution in [1.29, 1.82) is 0 Å². The van der Waals surface area contributed by atoms with E-state index in [9.17, 15) is 0 Å². The van der Waals surface area contributed by atoms with Crippen LogP contribution in [0.1, 0.15) is 37.9 Å². The summed E-state index contributed by atoms with van der Waals surface area (Å²) in [5, 5.41) is 3.94. The summed E-state index contributed by atoms with van der Waals surface area (Å²) < 4.78 is 6.49. The molecule has 1 N–H and O–H groups in total. The number of rotatable bonds is 8. The highest BCUT2D eigenvalue weighted by molar-refractivity contribution is 6.74. The zero-order valence-corrected chi connectivity index (χ0v) is 17.4. The van der Waals surface area contributed by atoms with Gasteiger partial charge in [-0.3, -0.25) is 0 Å². The summed E-state index contributed by atoms with van der Waals surface area (Å²) in [4.78, 5) is 0. The third-order valence-corrected chi connectivity index (χ3v) is 9.77. The molecule has 0 saturated carbocycles. The van der Waals surface area contributed by atoms with Gasteiger partial charge in [0.05, 0.1) is 12.6 Å². The number of benzene rings is 2. The van der Waals surface area contributed by atoms with E-state index in [1.165, 1.54) is 11.1 Å². The van der Waals surface area contributed by atoms with Crippen LogP contribution in [0.3, 0.4) is 0 Å². The minimum Gasteiger partial charge on any atom is -0.415 e. The Morgan fingerprint density at radius 2 is 1.48 bits per heavy atom. The molecule has 2 rings (SSSR count). The van der Waals surface area contributed by atoms with Crippen LogP contribution < -0.4 is 5.32 Å². The molecule has 1 atom stereocenters. The van der Waals surface area contributed by atoms with Gasteiger partial charge in [-0.2, -0.15) is 0 Å². The average Bonchev–Trinajstić information content (AvgIpc) is 2.58. The molecule has 0 heterocycles. The fourth-order valence-corrected chi connectivity index (χ4v) is 3.52. The lowest BCUT2D eigenvalue weighted by Gasteiger charge is -2.37. The summed E-state index contributed by atoms with van der Waals surface area (Å²) in [6, 6.07) is 21.5. The Labute approximate surface area is 154 Å². The first-order chi connectivity index (χ1) is 11.8. The second kappa shape index (κ2) is 8.79. The van der Waals surface area contributed by atoms with Crippen LogP contribution in [0.2, 0.25) is 18.1 Å². The van der Waals surface area contributed by atoms with Gasteiger partial charge in [0, 0.05) is 0 Å². The molecule has 0 aliphatic carbocycles. The van der Waals surface area contributed by atoms with E-state index in [1.54, 1.807) is 0 Å². The van der Waals surface area contributed by atoms with E-state index in [2.05, 4.69) is 99.8 Å². The first-order valence-corrected chi connectivity index (χ1v) is 12.2. The van der Waals surface area contributed by atoms with E-state index >= 15 is 0 Å². The smallest absolute Gasteiger partial charge is 0.192 e. The second-order valence-electron chi connectivity index (χ2n) is 8.22. The molecule has 136 valence electrons. The highest BCUT2D eigenvalue weighted by atomic mass is 28.4. The van der Waals surface area contributed by atoms with E-state index in [0.717, 1.165) is 19.6 Å². The molecule has 0 radical (unpaired) electrons. The Bertz CT molecular complexity index is 619. The molecule has 2 aromatic carbocycles. The summed E-state index contributed by atoms with van der Waals surface area (Å²) in [7, 11) is -1.74. The molecule has 3 heteroatoms. The van der Waals surface area contributed by atoms with Gasteiger partial charge in [0.25, 0.3) is 0 Å². The maximum atomic E-state index is 6.49. The first-order valence-electron chi connectivity index (χ1n) is 9.26. The minimum atomic E-state index is -1.74. The van der Waals surface area contributed by atoms with Gasteiger partial charge in [0.1, 0.15) is 0 Å². The molecular formula is C22H33NOSi. The van der Waals surface area contributed by atoms with Crippen molar-refractivity contribution in [3.63, 3.8) is 0 Å². The van der Waals surface area contributed by atoms with Crippen LogP contribution in [-0.4, -0.2) is 21.5 Å². The minimum absolute atomic E-state index is 0.234. The molecule has 0 aliphatic rings. The average molecular weight is 356 g/mol. The number of nitrogens with one attached hydrogen (secondary N) is 1. The predicted octanol–water partition coefficient (Wildman–Crippen LogP) is 5.58. The SMILES string of the molecule is CC(C)(C)[Si](C)(C)OC[C@H](NCCc1ccccc1)c1ccccc1. The van der Waals surface area contributed by atoms with Gasteiger partial charge in [-0.25, -0.2) is 0 Å². The van der Waals surface area contributed by atoms with Crippen LogP contribution in [0.4, 0.5) is 0 Å². The Hall–Kier alpha value is -1.42. The maximum absolute atomic E-state index is 6.49. The Morgan fingerprint density at radius 1 is 0.920 bits per heavy atom. The lowest BCUT2D eigenvalue weighted by Crippen LogP contribution is -2.43. The molecule has 2 nitrogen and oxygen atoms in total. The summed E-state index contributed by atoms with van der Waals surface area (Å²) >= 11 is 0. The Morgan fingerprint density at radius 3 is 2.04 bits per heavy atom. The zero-order chi connectivity index (χ0) is 18.3. The van der Waals surface area contributed by atoms with Crippen LogP contribution in [0, 0.1) is 0 Å². The molecule has 0 spiro atoms. The lowest BCUT2D eigenvalue weighted by molar-refractivity contribution is 0.244. The zero-order valence-electron chi connectivity index (χ0n) is 16.4. The molecule has 0 saturated heterocycles. The second-order valence-corrected chi connectivity index (χ2v) is 13.0. The van der Waals surface area contributed by atoms with Crippen molar-refractivity contribution < 1.29 is 4.43 Å². The standard InChI is InChI=1S/C22H33NOSi/c1-22(2,3)25(4,5)24-18-21(20-14-10-7-11-15-20)23-17-16-19-12-8-6-9-13-19/h6-15,21,23H,16-18H2,1-5H3/t21-/m0/s1. The molecule has 0 aliphatic heterocycles. The van der Waals surface area contributed by atoms with Gasteiger partial charge in [-0.05, 0) is 42.2 Å². The van der Waals surface area contributed by atoms with Crippen molar-refractivity contribution in [2.24, 2.45) is 0 Å². The quantitative estimate of drug-likeness (QED) is 0.624. The van der Waals surface area contributed by atoms with Gasteiger partial charge in [0.2, 0.25) is 0 Å². The van der Waals surface area contributed by atoms with Crippen molar-refractivity contribution in [3.8, 4) is 0 Å². The normalized spacial score (nSPS) is 13.6. The van der Waals surface area contributed by atoms with Crippen LogP contribution in [0.5, 0.6) is 0 Å². The predicted molar refractivity (Wildman–Crippen MR) is 110 cm³/mol. The Balaban J connectivity index is 1.99. The molecule has 0 fully saturated rings. The first kappa shape index (κ1) is 19.9. The van der Waals surface area contributed by atoms with Crippen LogP contribution in [0.25, 0.3) is 0 Å². The molecule has 0 unspecified atom stereocenters. The molecule has 2 aromatic rings. The third kappa shape index (κ3) is 6.10. The number of hydrogen-bond donors (Lipinski definition) is 1. The van der Waals surface area contributed by atoms with E-state index in [1.807, 2.05) is 0 Å². The summed E-state index contributed by atoms with van der Waals surface area (Å²) in [6.45, 7) is 13.2. The highest BCUT2D eigenvalue weighted by Gasteiger charge is 2.37. The van der Waals surface area contributed by atoms with Gasteiger partial charge < -0.3 is 9.74 Å². The topological polar surface area (TPSA) is 21.3 Å². The van der Waals surface area contributed by atoms with Crippen molar-refractivity contribution in [2.75, 3.05) is 13.2 Å². The van der Waals surface area contributed by atoms with Gasteiger partial charge in [-0.1, -0.05) is 81.4 Å². The maximum Gasteiger partial charge on any atom is 0.192 e. The van der Waals surface area contributed by atoms with E-state index in [0.29, 0.717) is 0 Å². The van der Waals surface area contributed by atoms with Crippen molar-refractivity contribution in [1.82, 2.24) is 5.32 Å². The van der Waals surface area contributed by atoms with Crippen molar-refractivity contribution >= 4 is 8.32 Å². The lowest BCUT2D eigenvalue weighted by atomic mass is 10.1. The summed E-state index contributed by atoms with van der Waals surface area (Å²) in [6.07, 6.45) is 1.03. The van der Waals surface area contributed by atoms with E-state index in [4.69, 9.17) is 4.43 Å². The van der Waals surface area contributed by atoms with Gasteiger partial charge >= 0.3 is 0 Å². The molecule has 0 aromatic heterocycles. The Kier molecular flexibility index (Phi) is 7.00. The molecule has 25 heavy (non-hydrogen) atoms. The van der Waals surface area contributed by atoms with E-state index in [-0.39, 0.29) is 11.1 Å². The highest BCUT2D eigenvalue weighted by Crippen LogP contribution is 2.37. The molecular weight excluding hydrogens is 322 g/mol.